The molecule has 0 aliphatic heterocycles. The highest BCUT2D eigenvalue weighted by molar-refractivity contribution is 6.12. The molecule has 94 valence electrons. The second-order valence-corrected chi connectivity index (χ2v) is 4.39. The third-order valence-electron chi connectivity index (χ3n) is 3.13. The molecule has 2 aromatic heterocycles. The van der Waals surface area contributed by atoms with Crippen LogP contribution in [0.15, 0.2) is 48.9 Å². The average Bonchev–Trinajstić information content (AvgIpc) is 2.89. The molecule has 0 aliphatic rings. The van der Waals surface area contributed by atoms with Crippen molar-refractivity contribution in [2.75, 3.05) is 5.32 Å². The molecule has 2 N–H and O–H groups in total. The molecule has 4 nitrogen and oxygen atoms in total. The van der Waals surface area contributed by atoms with E-state index in [1.807, 2.05) is 43.5 Å². The summed E-state index contributed by atoms with van der Waals surface area (Å²) in [5.74, 6) is -0.124. The van der Waals surface area contributed by atoms with E-state index < -0.39 is 0 Å². The first-order chi connectivity index (χ1) is 9.25. The van der Waals surface area contributed by atoms with Crippen LogP contribution in [0.2, 0.25) is 0 Å². The maximum Gasteiger partial charge on any atom is 0.256 e. The molecule has 0 saturated carbocycles. The smallest absolute Gasteiger partial charge is 0.256 e. The highest BCUT2D eigenvalue weighted by atomic mass is 16.1. The molecule has 19 heavy (non-hydrogen) atoms. The zero-order chi connectivity index (χ0) is 13.2. The lowest BCUT2D eigenvalue weighted by Crippen LogP contribution is -2.13. The minimum absolute atomic E-state index is 0.124. The van der Waals surface area contributed by atoms with Gasteiger partial charge in [-0.25, -0.2) is 0 Å². The fourth-order valence-corrected chi connectivity index (χ4v) is 2.07. The Kier molecular flexibility index (Phi) is 2.76. The van der Waals surface area contributed by atoms with Crippen LogP contribution in [0.1, 0.15) is 15.9 Å². The van der Waals surface area contributed by atoms with Gasteiger partial charge in [-0.15, -0.1) is 0 Å². The van der Waals surface area contributed by atoms with Crippen LogP contribution in [-0.4, -0.2) is 15.9 Å². The number of hydrogen-bond donors (Lipinski definition) is 2. The van der Waals surface area contributed by atoms with E-state index in [1.165, 1.54) is 0 Å². The number of H-pyrrole nitrogens is 1. The number of hydrogen-bond acceptors (Lipinski definition) is 2. The predicted molar refractivity (Wildman–Crippen MR) is 75.2 cm³/mol. The second-order valence-electron chi connectivity index (χ2n) is 4.39. The second kappa shape index (κ2) is 4.57. The first kappa shape index (κ1) is 11.5. The summed E-state index contributed by atoms with van der Waals surface area (Å²) < 4.78 is 0. The van der Waals surface area contributed by atoms with E-state index in [9.17, 15) is 4.79 Å². The van der Waals surface area contributed by atoms with Crippen molar-refractivity contribution >= 4 is 22.5 Å². The number of carbonyl (C=O) groups excluding carboxylic acids is 1. The maximum atomic E-state index is 12.3. The number of nitrogens with zero attached hydrogens (tertiary/aromatic N) is 1. The van der Waals surface area contributed by atoms with Crippen molar-refractivity contribution in [3.05, 3.63) is 60.0 Å². The number of aromatic amines is 1. The van der Waals surface area contributed by atoms with Crippen molar-refractivity contribution in [1.29, 1.82) is 0 Å². The summed E-state index contributed by atoms with van der Waals surface area (Å²) in [5, 5.41) is 3.81. The number of rotatable bonds is 2. The van der Waals surface area contributed by atoms with Gasteiger partial charge in [0.05, 0.1) is 11.9 Å². The van der Waals surface area contributed by atoms with Gasteiger partial charge in [-0.05, 0) is 36.8 Å². The van der Waals surface area contributed by atoms with Gasteiger partial charge in [0.15, 0.2) is 0 Å². The normalized spacial score (nSPS) is 10.6. The van der Waals surface area contributed by atoms with Crippen LogP contribution in [0.4, 0.5) is 5.69 Å². The van der Waals surface area contributed by atoms with Crippen molar-refractivity contribution in [2.24, 2.45) is 0 Å². The van der Waals surface area contributed by atoms with Crippen LogP contribution in [0.3, 0.4) is 0 Å². The molecule has 0 aliphatic carbocycles. The van der Waals surface area contributed by atoms with Crippen LogP contribution >= 0.6 is 0 Å². The Morgan fingerprint density at radius 1 is 1.26 bits per heavy atom. The summed E-state index contributed by atoms with van der Waals surface area (Å²) in [6.07, 6.45) is 5.19. The molecule has 0 radical (unpaired) electrons. The number of benzene rings is 1. The Morgan fingerprint density at radius 3 is 3.00 bits per heavy atom. The van der Waals surface area contributed by atoms with E-state index >= 15 is 0 Å². The van der Waals surface area contributed by atoms with Crippen molar-refractivity contribution < 1.29 is 4.79 Å². The third kappa shape index (κ3) is 2.08. The lowest BCUT2D eigenvalue weighted by atomic mass is 10.1. The van der Waals surface area contributed by atoms with Gasteiger partial charge < -0.3 is 10.3 Å². The van der Waals surface area contributed by atoms with Gasteiger partial charge in [0.1, 0.15) is 0 Å². The number of nitrogens with one attached hydrogen (secondary N) is 2. The van der Waals surface area contributed by atoms with Crippen LogP contribution in [0.5, 0.6) is 0 Å². The molecule has 0 bridgehead atoms. The highest BCUT2D eigenvalue weighted by Gasteiger charge is 2.11. The Morgan fingerprint density at radius 2 is 2.16 bits per heavy atom. The van der Waals surface area contributed by atoms with E-state index in [0.717, 1.165) is 22.2 Å². The monoisotopic (exact) mass is 251 g/mol. The molecular formula is C15H13N3O. The first-order valence-electron chi connectivity index (χ1n) is 6.04. The molecule has 0 spiro atoms. The van der Waals surface area contributed by atoms with E-state index in [1.54, 1.807) is 12.4 Å². The van der Waals surface area contributed by atoms with E-state index in [2.05, 4.69) is 15.3 Å². The first-order valence-corrected chi connectivity index (χ1v) is 6.04. The minimum atomic E-state index is -0.124. The van der Waals surface area contributed by atoms with E-state index in [4.69, 9.17) is 0 Å². The van der Waals surface area contributed by atoms with Gasteiger partial charge >= 0.3 is 0 Å². The molecule has 0 unspecified atom stereocenters. The zero-order valence-corrected chi connectivity index (χ0v) is 10.5. The Balaban J connectivity index is 1.97. The zero-order valence-electron chi connectivity index (χ0n) is 10.5. The standard InChI is InChI=1S/C15H13N3O/c1-10-5-7-16-9-14(10)18-15(19)12-3-2-4-13-11(12)6-8-17-13/h2-9,17H,1H3,(H,18,19). The fourth-order valence-electron chi connectivity index (χ4n) is 2.07. The minimum Gasteiger partial charge on any atom is -0.361 e. The lowest BCUT2D eigenvalue weighted by molar-refractivity contribution is 0.102. The molecule has 0 fully saturated rings. The lowest BCUT2D eigenvalue weighted by Gasteiger charge is -2.08. The summed E-state index contributed by atoms with van der Waals surface area (Å²) in [6.45, 7) is 1.94. The van der Waals surface area contributed by atoms with Crippen molar-refractivity contribution in [2.45, 2.75) is 6.92 Å². The molecule has 4 heteroatoms. The number of pyridine rings is 1. The summed E-state index contributed by atoms with van der Waals surface area (Å²) in [5.41, 5.74) is 3.34. The van der Waals surface area contributed by atoms with Gasteiger partial charge in [-0.1, -0.05) is 6.07 Å². The molecule has 3 aromatic rings. The summed E-state index contributed by atoms with van der Waals surface area (Å²) in [4.78, 5) is 19.4. The fraction of sp³-hybridized carbons (Fsp3) is 0.0667. The van der Waals surface area contributed by atoms with Gasteiger partial charge in [-0.2, -0.15) is 0 Å². The van der Waals surface area contributed by atoms with Crippen molar-refractivity contribution in [3.8, 4) is 0 Å². The Hall–Kier alpha value is -2.62. The van der Waals surface area contributed by atoms with Gasteiger partial charge in [0.2, 0.25) is 0 Å². The molecule has 1 amide bonds. The molecule has 1 aromatic carbocycles. The van der Waals surface area contributed by atoms with Crippen LogP contribution < -0.4 is 5.32 Å². The van der Waals surface area contributed by atoms with Crippen LogP contribution in [-0.2, 0) is 0 Å². The molecule has 2 heterocycles. The van der Waals surface area contributed by atoms with E-state index in [-0.39, 0.29) is 5.91 Å². The molecule has 3 rings (SSSR count). The van der Waals surface area contributed by atoms with Crippen molar-refractivity contribution in [1.82, 2.24) is 9.97 Å². The molecule has 0 atom stereocenters. The maximum absolute atomic E-state index is 12.3. The van der Waals surface area contributed by atoms with E-state index in [0.29, 0.717) is 5.56 Å². The van der Waals surface area contributed by atoms with Crippen LogP contribution in [0.25, 0.3) is 10.9 Å². The molecule has 0 saturated heterocycles. The summed E-state index contributed by atoms with van der Waals surface area (Å²) in [6, 6.07) is 9.40. The predicted octanol–water partition coefficient (Wildman–Crippen LogP) is 3.12. The summed E-state index contributed by atoms with van der Waals surface area (Å²) in [7, 11) is 0. The third-order valence-corrected chi connectivity index (χ3v) is 3.13. The highest BCUT2D eigenvalue weighted by Crippen LogP contribution is 2.19. The van der Waals surface area contributed by atoms with Gasteiger partial charge in [0, 0.05) is 28.9 Å². The number of aromatic nitrogens is 2. The Bertz CT molecular complexity index is 746. The number of anilines is 1. The Labute approximate surface area is 110 Å². The summed E-state index contributed by atoms with van der Waals surface area (Å²) >= 11 is 0. The van der Waals surface area contributed by atoms with Crippen LogP contribution in [0, 0.1) is 6.92 Å². The van der Waals surface area contributed by atoms with Crippen molar-refractivity contribution in [3.63, 3.8) is 0 Å². The van der Waals surface area contributed by atoms with Gasteiger partial charge in [-0.3, -0.25) is 9.78 Å². The number of carbonyl (C=O) groups is 1. The topological polar surface area (TPSA) is 57.8 Å². The quantitative estimate of drug-likeness (QED) is 0.735. The number of fused-ring (bicyclic) bond motifs is 1. The van der Waals surface area contributed by atoms with Gasteiger partial charge in [0.25, 0.3) is 5.91 Å². The SMILES string of the molecule is Cc1ccncc1NC(=O)c1cccc2[nH]ccc12. The molecular weight excluding hydrogens is 238 g/mol. The largest absolute Gasteiger partial charge is 0.361 e. The number of amides is 1. The number of aryl methyl sites for hydroxylation is 1. The average molecular weight is 251 g/mol.